The first-order chi connectivity index (χ1) is 14.6. The van der Waals surface area contributed by atoms with Gasteiger partial charge < -0.3 is 9.64 Å². The molecule has 0 unspecified atom stereocenters. The molecule has 0 spiro atoms. The third kappa shape index (κ3) is 3.83. The highest BCUT2D eigenvalue weighted by molar-refractivity contribution is 6.21. The van der Waals surface area contributed by atoms with Crippen LogP contribution in [0.25, 0.3) is 0 Å². The van der Waals surface area contributed by atoms with Crippen LogP contribution >= 0.6 is 0 Å². The molecule has 7 heteroatoms. The molecule has 0 aliphatic carbocycles. The Morgan fingerprint density at radius 1 is 0.867 bits per heavy atom. The number of imide groups is 1. The van der Waals surface area contributed by atoms with Gasteiger partial charge in [-0.25, -0.2) is 0 Å². The van der Waals surface area contributed by atoms with Gasteiger partial charge in [-0.05, 0) is 25.0 Å². The molecule has 0 bridgehead atoms. The maximum absolute atomic E-state index is 12.9. The van der Waals surface area contributed by atoms with Crippen LogP contribution in [0.2, 0.25) is 0 Å². The standard InChI is InChI=1S/C23H22N2O5/c26-19(12-15-25-21(27)17-10-4-5-11-18(17)22(25)28)30-20(16-8-2-1-3-9-16)23(29)24-13-6-7-14-24/h1-5,8-11,20H,6-7,12-15H2/t20-/m1/s1. The lowest BCUT2D eigenvalue weighted by Gasteiger charge is -2.24. The first kappa shape index (κ1) is 19.8. The molecule has 2 aliphatic heterocycles. The van der Waals surface area contributed by atoms with E-state index in [0.29, 0.717) is 29.8 Å². The zero-order valence-electron chi connectivity index (χ0n) is 16.5. The molecule has 0 radical (unpaired) electrons. The largest absolute Gasteiger partial charge is 0.447 e. The second-order valence-corrected chi connectivity index (χ2v) is 7.37. The summed E-state index contributed by atoms with van der Waals surface area (Å²) in [5.74, 6) is -1.71. The van der Waals surface area contributed by atoms with Crippen molar-refractivity contribution in [3.63, 3.8) is 0 Å². The van der Waals surface area contributed by atoms with Crippen molar-refractivity contribution in [2.45, 2.75) is 25.4 Å². The van der Waals surface area contributed by atoms with Crippen LogP contribution in [0.5, 0.6) is 0 Å². The maximum Gasteiger partial charge on any atom is 0.308 e. The summed E-state index contributed by atoms with van der Waals surface area (Å²) in [6.07, 6.45) is 0.656. The van der Waals surface area contributed by atoms with Gasteiger partial charge in [0.2, 0.25) is 6.10 Å². The number of benzene rings is 2. The van der Waals surface area contributed by atoms with Gasteiger partial charge in [0.05, 0.1) is 17.5 Å². The van der Waals surface area contributed by atoms with E-state index in [1.807, 2.05) is 6.07 Å². The Balaban J connectivity index is 1.43. The van der Waals surface area contributed by atoms with E-state index in [2.05, 4.69) is 0 Å². The normalized spacial score (nSPS) is 16.5. The number of esters is 1. The summed E-state index contributed by atoms with van der Waals surface area (Å²) in [4.78, 5) is 53.1. The zero-order valence-corrected chi connectivity index (χ0v) is 16.5. The lowest BCUT2D eigenvalue weighted by atomic mass is 10.1. The van der Waals surface area contributed by atoms with E-state index in [9.17, 15) is 19.2 Å². The highest BCUT2D eigenvalue weighted by Crippen LogP contribution is 2.25. The van der Waals surface area contributed by atoms with Crippen LogP contribution in [0.15, 0.2) is 54.6 Å². The summed E-state index contributed by atoms with van der Waals surface area (Å²) in [6, 6.07) is 15.4. The van der Waals surface area contributed by atoms with Crippen molar-refractivity contribution < 1.29 is 23.9 Å². The molecule has 0 aromatic heterocycles. The maximum atomic E-state index is 12.9. The van der Waals surface area contributed by atoms with Gasteiger partial charge in [0, 0.05) is 25.2 Å². The minimum absolute atomic E-state index is 0.0927. The SMILES string of the molecule is O=C(CCN1C(=O)c2ccccc2C1=O)O[C@@H](C(=O)N1CCCC1)c1ccccc1. The summed E-state index contributed by atoms with van der Waals surface area (Å²) >= 11 is 0. The van der Waals surface area contributed by atoms with E-state index >= 15 is 0 Å². The average molecular weight is 406 g/mol. The van der Waals surface area contributed by atoms with E-state index in [-0.39, 0.29) is 18.9 Å². The predicted octanol–water partition coefficient (Wildman–Crippen LogP) is 2.58. The number of carbonyl (C=O) groups excluding carboxylic acids is 4. The second kappa shape index (κ2) is 8.49. The lowest BCUT2D eigenvalue weighted by Crippen LogP contribution is -2.36. The lowest BCUT2D eigenvalue weighted by molar-refractivity contribution is -0.160. The highest BCUT2D eigenvalue weighted by Gasteiger charge is 2.36. The van der Waals surface area contributed by atoms with Crippen molar-refractivity contribution in [3.8, 4) is 0 Å². The second-order valence-electron chi connectivity index (χ2n) is 7.37. The van der Waals surface area contributed by atoms with Crippen LogP contribution in [-0.2, 0) is 14.3 Å². The molecule has 2 aromatic rings. The number of rotatable bonds is 6. The van der Waals surface area contributed by atoms with Crippen molar-refractivity contribution in [2.75, 3.05) is 19.6 Å². The Morgan fingerprint density at radius 3 is 2.03 bits per heavy atom. The van der Waals surface area contributed by atoms with E-state index in [0.717, 1.165) is 17.7 Å². The molecule has 4 rings (SSSR count). The molecule has 0 saturated carbocycles. The number of hydrogen-bond acceptors (Lipinski definition) is 5. The van der Waals surface area contributed by atoms with Crippen LogP contribution < -0.4 is 0 Å². The van der Waals surface area contributed by atoms with Crippen molar-refractivity contribution in [1.29, 1.82) is 0 Å². The van der Waals surface area contributed by atoms with E-state index < -0.39 is 23.9 Å². The third-order valence-corrected chi connectivity index (χ3v) is 5.41. The average Bonchev–Trinajstić information content (AvgIpc) is 3.39. The van der Waals surface area contributed by atoms with Gasteiger partial charge in [0.1, 0.15) is 0 Å². The molecule has 154 valence electrons. The number of fused-ring (bicyclic) bond motifs is 1. The summed E-state index contributed by atoms with van der Waals surface area (Å²) in [5.41, 5.74) is 1.27. The highest BCUT2D eigenvalue weighted by atomic mass is 16.5. The first-order valence-electron chi connectivity index (χ1n) is 10.0. The Bertz CT molecular complexity index is 947. The molecule has 1 atom stereocenters. The summed E-state index contributed by atoms with van der Waals surface area (Å²) in [7, 11) is 0. The molecule has 30 heavy (non-hydrogen) atoms. The van der Waals surface area contributed by atoms with Crippen molar-refractivity contribution in [3.05, 3.63) is 71.3 Å². The van der Waals surface area contributed by atoms with Gasteiger partial charge >= 0.3 is 5.97 Å². The molecule has 0 N–H and O–H groups in total. The Kier molecular flexibility index (Phi) is 5.61. The zero-order chi connectivity index (χ0) is 21.1. The van der Waals surface area contributed by atoms with Crippen molar-refractivity contribution in [2.24, 2.45) is 0 Å². The van der Waals surface area contributed by atoms with Crippen LogP contribution in [0, 0.1) is 0 Å². The summed E-state index contributed by atoms with van der Waals surface area (Å²) in [6.45, 7) is 1.20. The number of carbonyl (C=O) groups is 4. The van der Waals surface area contributed by atoms with Gasteiger partial charge in [0.15, 0.2) is 0 Å². The fraction of sp³-hybridized carbons (Fsp3) is 0.304. The Hall–Kier alpha value is -3.48. The molecule has 2 heterocycles. The topological polar surface area (TPSA) is 84.0 Å². The number of ether oxygens (including phenoxy) is 1. The molecule has 2 aromatic carbocycles. The molecule has 3 amide bonds. The van der Waals surface area contributed by atoms with Crippen LogP contribution in [0.4, 0.5) is 0 Å². The Labute approximate surface area is 174 Å². The molecule has 1 saturated heterocycles. The third-order valence-electron chi connectivity index (χ3n) is 5.41. The number of likely N-dealkylation sites (tertiary alicyclic amines) is 1. The molecule has 2 aliphatic rings. The number of nitrogens with zero attached hydrogens (tertiary/aromatic N) is 2. The Morgan fingerprint density at radius 2 is 1.43 bits per heavy atom. The van der Waals surface area contributed by atoms with E-state index in [1.165, 1.54) is 0 Å². The molecule has 1 fully saturated rings. The summed E-state index contributed by atoms with van der Waals surface area (Å²) in [5, 5.41) is 0. The fourth-order valence-electron chi connectivity index (χ4n) is 3.83. The van der Waals surface area contributed by atoms with Gasteiger partial charge in [0.25, 0.3) is 17.7 Å². The minimum Gasteiger partial charge on any atom is -0.447 e. The van der Waals surface area contributed by atoms with Crippen LogP contribution in [0.3, 0.4) is 0 Å². The van der Waals surface area contributed by atoms with Crippen molar-refractivity contribution >= 4 is 23.7 Å². The van der Waals surface area contributed by atoms with Gasteiger partial charge in [-0.2, -0.15) is 0 Å². The first-order valence-corrected chi connectivity index (χ1v) is 10.0. The van der Waals surface area contributed by atoms with Gasteiger partial charge in [-0.1, -0.05) is 42.5 Å². The minimum atomic E-state index is -1.03. The number of hydrogen-bond donors (Lipinski definition) is 0. The quantitative estimate of drug-likeness (QED) is 0.544. The van der Waals surface area contributed by atoms with E-state index in [1.54, 1.807) is 53.4 Å². The van der Waals surface area contributed by atoms with Gasteiger partial charge in [-0.3, -0.25) is 24.1 Å². The predicted molar refractivity (Wildman–Crippen MR) is 108 cm³/mol. The van der Waals surface area contributed by atoms with Crippen LogP contribution in [0.1, 0.15) is 51.6 Å². The van der Waals surface area contributed by atoms with Crippen LogP contribution in [-0.4, -0.2) is 53.1 Å². The molecular weight excluding hydrogens is 384 g/mol. The smallest absolute Gasteiger partial charge is 0.308 e. The fourth-order valence-corrected chi connectivity index (χ4v) is 3.83. The monoisotopic (exact) mass is 406 g/mol. The molecular formula is C23H22N2O5. The van der Waals surface area contributed by atoms with Crippen molar-refractivity contribution in [1.82, 2.24) is 9.80 Å². The van der Waals surface area contributed by atoms with Gasteiger partial charge in [-0.15, -0.1) is 0 Å². The number of amides is 3. The molecule has 7 nitrogen and oxygen atoms in total. The van der Waals surface area contributed by atoms with E-state index in [4.69, 9.17) is 4.74 Å². The summed E-state index contributed by atoms with van der Waals surface area (Å²) < 4.78 is 5.54.